The van der Waals surface area contributed by atoms with E-state index in [0.717, 1.165) is 22.5 Å². The lowest BCUT2D eigenvalue weighted by molar-refractivity contribution is 0.0950. The third kappa shape index (κ3) is 3.96. The number of carbonyl (C=O) groups is 1. The molecule has 1 amide bonds. The minimum atomic E-state index is -0.161. The third-order valence-electron chi connectivity index (χ3n) is 4.40. The van der Waals surface area contributed by atoms with Gasteiger partial charge in [-0.3, -0.25) is 14.8 Å². The number of rotatable bonds is 5. The first-order valence-electron chi connectivity index (χ1n) is 8.94. The molecule has 138 valence electrons. The average Bonchev–Trinajstić information content (AvgIpc) is 3.24. The maximum absolute atomic E-state index is 12.3. The molecule has 0 aliphatic rings. The van der Waals surface area contributed by atoms with E-state index in [-0.39, 0.29) is 5.91 Å². The predicted molar refractivity (Wildman–Crippen MR) is 107 cm³/mol. The summed E-state index contributed by atoms with van der Waals surface area (Å²) in [4.78, 5) is 20.7. The highest BCUT2D eigenvalue weighted by atomic mass is 16.1. The Morgan fingerprint density at radius 1 is 1.00 bits per heavy atom. The van der Waals surface area contributed by atoms with Gasteiger partial charge in [-0.15, -0.1) is 0 Å². The summed E-state index contributed by atoms with van der Waals surface area (Å²) in [5, 5.41) is 7.29. The summed E-state index contributed by atoms with van der Waals surface area (Å²) in [6.45, 7) is 2.50. The highest BCUT2D eigenvalue weighted by Crippen LogP contribution is 2.18. The van der Waals surface area contributed by atoms with Gasteiger partial charge in [0.25, 0.3) is 5.91 Å². The van der Waals surface area contributed by atoms with Gasteiger partial charge in [-0.25, -0.2) is 4.68 Å². The molecular formula is C22H19N5O. The van der Waals surface area contributed by atoms with E-state index >= 15 is 0 Å². The zero-order valence-corrected chi connectivity index (χ0v) is 15.4. The first-order chi connectivity index (χ1) is 13.7. The normalized spacial score (nSPS) is 10.6. The molecule has 0 fully saturated rings. The molecule has 0 aliphatic heterocycles. The van der Waals surface area contributed by atoms with Gasteiger partial charge >= 0.3 is 0 Å². The second-order valence-electron chi connectivity index (χ2n) is 6.48. The standard InChI is InChI=1S/C22H19N5O/c1-16-2-5-20(6-3-16)27-15-19(14-26-27)21-7-4-18(13-24-21)22(28)25-12-17-8-10-23-11-9-17/h2-11,13-15H,12H2,1H3,(H,25,28). The summed E-state index contributed by atoms with van der Waals surface area (Å²) < 4.78 is 1.81. The SMILES string of the molecule is Cc1ccc(-n2cc(-c3ccc(C(=O)NCc4ccncc4)cn3)cn2)cc1. The van der Waals surface area contributed by atoms with Crippen LogP contribution >= 0.6 is 0 Å². The van der Waals surface area contributed by atoms with Gasteiger partial charge in [0.05, 0.1) is 23.1 Å². The highest BCUT2D eigenvalue weighted by molar-refractivity contribution is 5.94. The van der Waals surface area contributed by atoms with E-state index in [1.54, 1.807) is 30.9 Å². The van der Waals surface area contributed by atoms with Crippen molar-refractivity contribution in [2.24, 2.45) is 0 Å². The van der Waals surface area contributed by atoms with E-state index < -0.39 is 0 Å². The van der Waals surface area contributed by atoms with Gasteiger partial charge in [-0.2, -0.15) is 5.10 Å². The largest absolute Gasteiger partial charge is 0.348 e. The summed E-state index contributed by atoms with van der Waals surface area (Å²) in [5.74, 6) is -0.161. The molecule has 1 N–H and O–H groups in total. The van der Waals surface area contributed by atoms with E-state index in [1.165, 1.54) is 5.56 Å². The second-order valence-corrected chi connectivity index (χ2v) is 6.48. The highest BCUT2D eigenvalue weighted by Gasteiger charge is 2.09. The number of aryl methyl sites for hydroxylation is 1. The van der Waals surface area contributed by atoms with Crippen molar-refractivity contribution in [3.8, 4) is 16.9 Å². The molecule has 0 spiro atoms. The van der Waals surface area contributed by atoms with Crippen LogP contribution in [0.4, 0.5) is 0 Å². The Bertz CT molecular complexity index is 1070. The van der Waals surface area contributed by atoms with Gasteiger partial charge in [0, 0.05) is 36.9 Å². The molecule has 6 heteroatoms. The Morgan fingerprint density at radius 2 is 1.79 bits per heavy atom. The van der Waals surface area contributed by atoms with Crippen LogP contribution in [0, 0.1) is 6.92 Å². The van der Waals surface area contributed by atoms with E-state index in [0.29, 0.717) is 12.1 Å². The fourth-order valence-corrected chi connectivity index (χ4v) is 2.78. The number of aromatic nitrogens is 4. The molecule has 4 rings (SSSR count). The van der Waals surface area contributed by atoms with Gasteiger partial charge in [-0.05, 0) is 48.9 Å². The second kappa shape index (κ2) is 7.84. The number of pyridine rings is 2. The van der Waals surface area contributed by atoms with Crippen molar-refractivity contribution in [1.29, 1.82) is 0 Å². The number of hydrogen-bond acceptors (Lipinski definition) is 4. The zero-order valence-electron chi connectivity index (χ0n) is 15.4. The van der Waals surface area contributed by atoms with Crippen molar-refractivity contribution in [1.82, 2.24) is 25.1 Å². The maximum Gasteiger partial charge on any atom is 0.253 e. The molecular weight excluding hydrogens is 350 g/mol. The molecule has 0 saturated heterocycles. The van der Waals surface area contributed by atoms with Crippen molar-refractivity contribution < 1.29 is 4.79 Å². The summed E-state index contributed by atoms with van der Waals surface area (Å²) in [5.41, 5.74) is 5.37. The van der Waals surface area contributed by atoms with Gasteiger partial charge in [0.15, 0.2) is 0 Å². The van der Waals surface area contributed by atoms with Gasteiger partial charge in [0.2, 0.25) is 0 Å². The molecule has 0 saturated carbocycles. The minimum Gasteiger partial charge on any atom is -0.348 e. The third-order valence-corrected chi connectivity index (χ3v) is 4.40. The van der Waals surface area contributed by atoms with Crippen LogP contribution in [0.25, 0.3) is 16.9 Å². The molecule has 6 nitrogen and oxygen atoms in total. The van der Waals surface area contributed by atoms with Crippen LogP contribution in [-0.2, 0) is 6.54 Å². The summed E-state index contributed by atoms with van der Waals surface area (Å²) in [7, 11) is 0. The molecule has 0 atom stereocenters. The van der Waals surface area contributed by atoms with E-state index in [1.807, 2.05) is 53.3 Å². The van der Waals surface area contributed by atoms with Crippen LogP contribution in [-0.4, -0.2) is 25.7 Å². The van der Waals surface area contributed by atoms with Crippen molar-refractivity contribution in [2.45, 2.75) is 13.5 Å². The van der Waals surface area contributed by atoms with Crippen LogP contribution in [0.5, 0.6) is 0 Å². The molecule has 0 unspecified atom stereocenters. The lowest BCUT2D eigenvalue weighted by atomic mass is 10.2. The van der Waals surface area contributed by atoms with Gasteiger partial charge in [0.1, 0.15) is 0 Å². The number of benzene rings is 1. The number of hydrogen-bond donors (Lipinski definition) is 1. The molecule has 4 aromatic rings. The minimum absolute atomic E-state index is 0.161. The molecule has 3 aromatic heterocycles. The lowest BCUT2D eigenvalue weighted by Gasteiger charge is -2.05. The number of nitrogens with zero attached hydrogens (tertiary/aromatic N) is 4. The Hall–Kier alpha value is -3.80. The Kier molecular flexibility index (Phi) is 4.93. The number of nitrogens with one attached hydrogen (secondary N) is 1. The molecule has 1 aromatic carbocycles. The van der Waals surface area contributed by atoms with Gasteiger partial charge < -0.3 is 5.32 Å². The number of carbonyl (C=O) groups excluding carboxylic acids is 1. The molecule has 28 heavy (non-hydrogen) atoms. The van der Waals surface area contributed by atoms with E-state index in [4.69, 9.17) is 0 Å². The van der Waals surface area contributed by atoms with Crippen molar-refractivity contribution in [3.05, 3.63) is 96.2 Å². The Labute approximate surface area is 162 Å². The molecule has 3 heterocycles. The maximum atomic E-state index is 12.3. The first-order valence-corrected chi connectivity index (χ1v) is 8.94. The van der Waals surface area contributed by atoms with Crippen LogP contribution in [0.15, 0.2) is 79.5 Å². The summed E-state index contributed by atoms with van der Waals surface area (Å²) in [6.07, 6.45) is 8.69. The van der Waals surface area contributed by atoms with Crippen LogP contribution in [0.3, 0.4) is 0 Å². The molecule has 0 aliphatic carbocycles. The lowest BCUT2D eigenvalue weighted by Crippen LogP contribution is -2.22. The van der Waals surface area contributed by atoms with Crippen molar-refractivity contribution >= 4 is 5.91 Å². The van der Waals surface area contributed by atoms with Gasteiger partial charge in [-0.1, -0.05) is 17.7 Å². The predicted octanol–water partition coefficient (Wildman–Crippen LogP) is 3.57. The monoisotopic (exact) mass is 369 g/mol. The van der Waals surface area contributed by atoms with E-state index in [2.05, 4.69) is 27.3 Å². The van der Waals surface area contributed by atoms with Crippen molar-refractivity contribution in [2.75, 3.05) is 0 Å². The zero-order chi connectivity index (χ0) is 19.3. The fraction of sp³-hybridized carbons (Fsp3) is 0.0909. The average molecular weight is 369 g/mol. The Morgan fingerprint density at radius 3 is 2.50 bits per heavy atom. The number of amides is 1. The quantitative estimate of drug-likeness (QED) is 0.584. The topological polar surface area (TPSA) is 72.7 Å². The molecule has 0 bridgehead atoms. The first kappa shape index (κ1) is 17.6. The smallest absolute Gasteiger partial charge is 0.253 e. The van der Waals surface area contributed by atoms with Crippen LogP contribution in [0.2, 0.25) is 0 Å². The molecule has 0 radical (unpaired) electrons. The van der Waals surface area contributed by atoms with Crippen LogP contribution in [0.1, 0.15) is 21.5 Å². The van der Waals surface area contributed by atoms with Crippen molar-refractivity contribution in [3.63, 3.8) is 0 Å². The van der Waals surface area contributed by atoms with Crippen LogP contribution < -0.4 is 5.32 Å². The fourth-order valence-electron chi connectivity index (χ4n) is 2.78. The Balaban J connectivity index is 1.44. The summed E-state index contributed by atoms with van der Waals surface area (Å²) in [6, 6.07) is 15.5. The summed E-state index contributed by atoms with van der Waals surface area (Å²) >= 11 is 0. The van der Waals surface area contributed by atoms with E-state index in [9.17, 15) is 4.79 Å².